The van der Waals surface area contributed by atoms with Crippen LogP contribution in [0, 0.1) is 0 Å². The number of ether oxygens (including phenoxy) is 1. The van der Waals surface area contributed by atoms with Gasteiger partial charge < -0.3 is 10.1 Å². The van der Waals surface area contributed by atoms with Gasteiger partial charge in [-0.25, -0.2) is 0 Å². The van der Waals surface area contributed by atoms with Crippen LogP contribution >= 0.6 is 0 Å². The molecule has 0 saturated carbocycles. The predicted octanol–water partition coefficient (Wildman–Crippen LogP) is 3.78. The molecule has 1 N–H and O–H groups in total. The van der Waals surface area contributed by atoms with Gasteiger partial charge in [-0.1, -0.05) is 25.8 Å². The van der Waals surface area contributed by atoms with Crippen molar-refractivity contribution >= 4 is 10.9 Å². The monoisotopic (exact) mass is 272 g/mol. The van der Waals surface area contributed by atoms with E-state index in [1.807, 2.05) is 30.5 Å². The Labute approximate surface area is 121 Å². The molecule has 1 aromatic carbocycles. The first-order valence-electron chi connectivity index (χ1n) is 7.52. The zero-order chi connectivity index (χ0) is 14.2. The van der Waals surface area contributed by atoms with Gasteiger partial charge in [0.05, 0.1) is 5.52 Å². The number of fused-ring (bicyclic) bond motifs is 1. The first-order valence-corrected chi connectivity index (χ1v) is 7.52. The Bertz CT molecular complexity index is 522. The number of aromatic nitrogens is 1. The molecule has 108 valence electrons. The number of nitrogens with zero attached hydrogens (tertiary/aromatic N) is 1. The zero-order valence-electron chi connectivity index (χ0n) is 12.4. The molecule has 0 spiro atoms. The van der Waals surface area contributed by atoms with Gasteiger partial charge in [-0.15, -0.1) is 0 Å². The summed E-state index contributed by atoms with van der Waals surface area (Å²) in [7, 11) is 0. The van der Waals surface area contributed by atoms with Crippen molar-refractivity contribution in [3.63, 3.8) is 0 Å². The lowest BCUT2D eigenvalue weighted by atomic mass is 10.2. The average molecular weight is 272 g/mol. The summed E-state index contributed by atoms with van der Waals surface area (Å²) in [4.78, 5) is 4.35. The van der Waals surface area contributed by atoms with Crippen LogP contribution in [0.1, 0.15) is 33.1 Å². The van der Waals surface area contributed by atoms with E-state index in [4.69, 9.17) is 4.74 Å². The van der Waals surface area contributed by atoms with Gasteiger partial charge in [0.1, 0.15) is 11.9 Å². The van der Waals surface area contributed by atoms with Crippen molar-refractivity contribution in [3.8, 4) is 5.75 Å². The third-order valence-corrected chi connectivity index (χ3v) is 3.32. The summed E-state index contributed by atoms with van der Waals surface area (Å²) < 4.78 is 6.03. The molecule has 2 rings (SSSR count). The predicted molar refractivity (Wildman–Crippen MR) is 84.2 cm³/mol. The summed E-state index contributed by atoms with van der Waals surface area (Å²) in [5, 5.41) is 4.52. The number of nitrogens with one attached hydrogen (secondary N) is 1. The number of hydrogen-bond acceptors (Lipinski definition) is 3. The van der Waals surface area contributed by atoms with Crippen LogP contribution in [-0.4, -0.2) is 24.2 Å². The maximum atomic E-state index is 6.03. The average Bonchev–Trinajstić information content (AvgIpc) is 2.47. The molecule has 2 aromatic rings. The summed E-state index contributed by atoms with van der Waals surface area (Å²) in [6, 6.07) is 10.0. The van der Waals surface area contributed by atoms with Crippen LogP contribution in [0.5, 0.6) is 5.75 Å². The molecule has 0 aliphatic heterocycles. The van der Waals surface area contributed by atoms with Crippen molar-refractivity contribution in [1.29, 1.82) is 0 Å². The smallest absolute Gasteiger partial charge is 0.129 e. The molecule has 0 amide bonds. The number of unbranched alkanes of at least 4 members (excludes halogenated alkanes) is 2. The molecule has 1 heterocycles. The standard InChI is InChI=1S/C17H24N2O/c1-3-4-5-11-18-13-14(2)20-17-10-6-9-16-15(17)8-7-12-19-16/h6-10,12,14,18H,3-5,11,13H2,1-2H3. The minimum absolute atomic E-state index is 0.155. The fraction of sp³-hybridized carbons (Fsp3) is 0.471. The minimum atomic E-state index is 0.155. The molecule has 20 heavy (non-hydrogen) atoms. The molecule has 1 aromatic heterocycles. The molecule has 1 atom stereocenters. The Morgan fingerprint density at radius 2 is 2.10 bits per heavy atom. The zero-order valence-corrected chi connectivity index (χ0v) is 12.4. The second-order valence-corrected chi connectivity index (χ2v) is 5.17. The van der Waals surface area contributed by atoms with Crippen molar-refractivity contribution in [2.75, 3.05) is 13.1 Å². The van der Waals surface area contributed by atoms with Crippen molar-refractivity contribution in [2.45, 2.75) is 39.2 Å². The molecule has 3 heteroatoms. The van der Waals surface area contributed by atoms with Gasteiger partial charge in [0, 0.05) is 18.1 Å². The van der Waals surface area contributed by atoms with E-state index in [1.54, 1.807) is 0 Å². The number of pyridine rings is 1. The van der Waals surface area contributed by atoms with E-state index < -0.39 is 0 Å². The fourth-order valence-electron chi connectivity index (χ4n) is 2.24. The van der Waals surface area contributed by atoms with E-state index in [-0.39, 0.29) is 6.10 Å². The number of rotatable bonds is 8. The Kier molecular flexibility index (Phi) is 5.81. The van der Waals surface area contributed by atoms with Crippen LogP contribution in [0.3, 0.4) is 0 Å². The summed E-state index contributed by atoms with van der Waals surface area (Å²) >= 11 is 0. The molecule has 0 radical (unpaired) electrons. The quantitative estimate of drug-likeness (QED) is 0.743. The maximum absolute atomic E-state index is 6.03. The van der Waals surface area contributed by atoms with Crippen LogP contribution < -0.4 is 10.1 Å². The second kappa shape index (κ2) is 7.85. The van der Waals surface area contributed by atoms with E-state index in [0.717, 1.165) is 29.7 Å². The lowest BCUT2D eigenvalue weighted by molar-refractivity contribution is 0.220. The third-order valence-electron chi connectivity index (χ3n) is 3.32. The van der Waals surface area contributed by atoms with E-state index in [2.05, 4.69) is 30.2 Å². The number of hydrogen-bond donors (Lipinski definition) is 1. The molecule has 1 unspecified atom stereocenters. The van der Waals surface area contributed by atoms with Crippen molar-refractivity contribution in [3.05, 3.63) is 36.5 Å². The van der Waals surface area contributed by atoms with Crippen molar-refractivity contribution in [1.82, 2.24) is 10.3 Å². The van der Waals surface area contributed by atoms with Crippen molar-refractivity contribution in [2.24, 2.45) is 0 Å². The van der Waals surface area contributed by atoms with Crippen LogP contribution in [0.4, 0.5) is 0 Å². The van der Waals surface area contributed by atoms with Gasteiger partial charge in [-0.3, -0.25) is 4.98 Å². The Hall–Kier alpha value is -1.61. The highest BCUT2D eigenvalue weighted by atomic mass is 16.5. The normalized spacial score (nSPS) is 12.5. The highest BCUT2D eigenvalue weighted by Crippen LogP contribution is 2.24. The minimum Gasteiger partial charge on any atom is -0.489 e. The SMILES string of the molecule is CCCCCNCC(C)Oc1cccc2ncccc12. The number of benzene rings is 1. The molecule has 0 aliphatic carbocycles. The largest absolute Gasteiger partial charge is 0.489 e. The first kappa shape index (κ1) is 14.8. The Morgan fingerprint density at radius 3 is 2.95 bits per heavy atom. The van der Waals surface area contributed by atoms with E-state index in [1.165, 1.54) is 19.3 Å². The fourth-order valence-corrected chi connectivity index (χ4v) is 2.24. The van der Waals surface area contributed by atoms with Crippen LogP contribution in [-0.2, 0) is 0 Å². The molecule has 0 saturated heterocycles. The summed E-state index contributed by atoms with van der Waals surface area (Å²) in [5.74, 6) is 0.915. The molecular weight excluding hydrogens is 248 g/mol. The summed E-state index contributed by atoms with van der Waals surface area (Å²) in [6.07, 6.45) is 5.75. The van der Waals surface area contributed by atoms with Gasteiger partial charge in [-0.05, 0) is 44.2 Å². The molecule has 3 nitrogen and oxygen atoms in total. The Morgan fingerprint density at radius 1 is 1.20 bits per heavy atom. The van der Waals surface area contributed by atoms with Crippen LogP contribution in [0.15, 0.2) is 36.5 Å². The van der Waals surface area contributed by atoms with E-state index in [0.29, 0.717) is 0 Å². The van der Waals surface area contributed by atoms with E-state index in [9.17, 15) is 0 Å². The highest BCUT2D eigenvalue weighted by Gasteiger charge is 2.07. The molecular formula is C17H24N2O. The second-order valence-electron chi connectivity index (χ2n) is 5.17. The van der Waals surface area contributed by atoms with Gasteiger partial charge >= 0.3 is 0 Å². The maximum Gasteiger partial charge on any atom is 0.129 e. The lowest BCUT2D eigenvalue weighted by Gasteiger charge is -2.16. The Balaban J connectivity index is 1.88. The van der Waals surface area contributed by atoms with Gasteiger partial charge in [0.2, 0.25) is 0 Å². The topological polar surface area (TPSA) is 34.1 Å². The summed E-state index contributed by atoms with van der Waals surface area (Å²) in [6.45, 7) is 6.27. The van der Waals surface area contributed by atoms with Crippen LogP contribution in [0.2, 0.25) is 0 Å². The summed E-state index contributed by atoms with van der Waals surface area (Å²) in [5.41, 5.74) is 0.980. The van der Waals surface area contributed by atoms with Gasteiger partial charge in [0.25, 0.3) is 0 Å². The van der Waals surface area contributed by atoms with E-state index >= 15 is 0 Å². The molecule has 0 fully saturated rings. The van der Waals surface area contributed by atoms with Crippen LogP contribution in [0.25, 0.3) is 10.9 Å². The highest BCUT2D eigenvalue weighted by molar-refractivity contribution is 5.84. The first-order chi connectivity index (χ1) is 9.81. The molecule has 0 aliphatic rings. The van der Waals surface area contributed by atoms with Gasteiger partial charge in [0.15, 0.2) is 0 Å². The lowest BCUT2D eigenvalue weighted by Crippen LogP contribution is -2.29. The van der Waals surface area contributed by atoms with Crippen molar-refractivity contribution < 1.29 is 4.74 Å². The van der Waals surface area contributed by atoms with Gasteiger partial charge in [-0.2, -0.15) is 0 Å². The third kappa shape index (κ3) is 4.20. The molecule has 0 bridgehead atoms.